The van der Waals surface area contributed by atoms with E-state index in [1.807, 2.05) is 30.3 Å². The normalized spacial score (nSPS) is 10.3. The van der Waals surface area contributed by atoms with Crippen LogP contribution in [0.2, 0.25) is 0 Å². The molecule has 0 aliphatic carbocycles. The number of para-hydroxylation sites is 2. The van der Waals surface area contributed by atoms with Crippen LogP contribution in [-0.2, 0) is 17.8 Å². The number of ether oxygens (including phenoxy) is 1. The number of amides is 2. The lowest BCUT2D eigenvalue weighted by molar-refractivity contribution is -0.121. The van der Waals surface area contributed by atoms with Gasteiger partial charge in [0.1, 0.15) is 18.0 Å². The summed E-state index contributed by atoms with van der Waals surface area (Å²) in [6.45, 7) is 0.0966. The number of nitrogens with one attached hydrogen (secondary N) is 2. The highest BCUT2D eigenvalue weighted by atomic mass is 16.5. The van der Waals surface area contributed by atoms with E-state index >= 15 is 0 Å². The van der Waals surface area contributed by atoms with Crippen LogP contribution in [0.1, 0.15) is 16.1 Å². The van der Waals surface area contributed by atoms with Crippen LogP contribution in [0.4, 0.5) is 5.69 Å². The molecule has 0 fully saturated rings. The fraction of sp³-hybridized carbons (Fsp3) is 0.182. The largest absolute Gasteiger partial charge is 0.496 e. The van der Waals surface area contributed by atoms with E-state index in [2.05, 4.69) is 15.7 Å². The molecular weight excluding hydrogens is 384 g/mol. The summed E-state index contributed by atoms with van der Waals surface area (Å²) in [5.41, 5.74) is 1.15. The molecule has 0 radical (unpaired) electrons. The van der Waals surface area contributed by atoms with Crippen molar-refractivity contribution in [3.05, 3.63) is 88.3 Å². The Hall–Kier alpha value is -3.94. The second kappa shape index (κ2) is 10.0. The number of aromatic nitrogens is 2. The van der Waals surface area contributed by atoms with E-state index in [1.165, 1.54) is 12.1 Å². The molecule has 1 heterocycles. The molecule has 8 heteroatoms. The standard InChI is InChI=1S/C22H22N4O4/c1-30-19-10-6-5-7-16(19)13-14-23-20(27)15-26-21(28)12-11-18(25-26)22(29)24-17-8-3-2-4-9-17/h2-12H,13-15H2,1H3,(H,23,27)(H,24,29). The van der Waals surface area contributed by atoms with Crippen molar-refractivity contribution in [2.75, 3.05) is 19.0 Å². The Morgan fingerprint density at radius 3 is 2.50 bits per heavy atom. The number of carbonyl (C=O) groups excluding carboxylic acids is 2. The number of rotatable bonds is 8. The zero-order valence-electron chi connectivity index (χ0n) is 16.5. The quantitative estimate of drug-likeness (QED) is 0.595. The fourth-order valence-electron chi connectivity index (χ4n) is 2.84. The summed E-state index contributed by atoms with van der Waals surface area (Å²) in [7, 11) is 1.59. The highest BCUT2D eigenvalue weighted by molar-refractivity contribution is 6.02. The third-order valence-corrected chi connectivity index (χ3v) is 4.33. The molecule has 30 heavy (non-hydrogen) atoms. The first-order chi connectivity index (χ1) is 14.6. The van der Waals surface area contributed by atoms with Crippen molar-refractivity contribution >= 4 is 17.5 Å². The first-order valence-electron chi connectivity index (χ1n) is 9.40. The van der Waals surface area contributed by atoms with Crippen molar-refractivity contribution in [3.8, 4) is 5.75 Å². The van der Waals surface area contributed by atoms with Crippen molar-refractivity contribution in [2.45, 2.75) is 13.0 Å². The van der Waals surface area contributed by atoms with Crippen LogP contribution in [-0.4, -0.2) is 35.2 Å². The van der Waals surface area contributed by atoms with E-state index in [1.54, 1.807) is 31.4 Å². The van der Waals surface area contributed by atoms with E-state index in [9.17, 15) is 14.4 Å². The molecule has 0 saturated heterocycles. The van der Waals surface area contributed by atoms with Gasteiger partial charge in [0.05, 0.1) is 7.11 Å². The molecule has 8 nitrogen and oxygen atoms in total. The Kier molecular flexibility index (Phi) is 6.94. The molecule has 0 bridgehead atoms. The number of anilines is 1. The Morgan fingerprint density at radius 2 is 1.73 bits per heavy atom. The first-order valence-corrected chi connectivity index (χ1v) is 9.40. The van der Waals surface area contributed by atoms with E-state index in [0.29, 0.717) is 18.7 Å². The molecule has 1 aromatic heterocycles. The van der Waals surface area contributed by atoms with Crippen LogP contribution in [0.3, 0.4) is 0 Å². The summed E-state index contributed by atoms with van der Waals surface area (Å²) < 4.78 is 6.26. The fourth-order valence-corrected chi connectivity index (χ4v) is 2.84. The maximum absolute atomic E-state index is 12.4. The molecule has 0 atom stereocenters. The molecule has 0 spiro atoms. The van der Waals surface area contributed by atoms with Crippen LogP contribution in [0.15, 0.2) is 71.5 Å². The van der Waals surface area contributed by atoms with Gasteiger partial charge >= 0.3 is 0 Å². The Balaban J connectivity index is 1.59. The number of nitrogens with zero attached hydrogens (tertiary/aromatic N) is 2. The summed E-state index contributed by atoms with van der Waals surface area (Å²) in [4.78, 5) is 36.6. The average molecular weight is 406 g/mol. The van der Waals surface area contributed by atoms with Crippen LogP contribution < -0.4 is 20.9 Å². The van der Waals surface area contributed by atoms with Gasteiger partial charge in [-0.3, -0.25) is 14.4 Å². The molecule has 2 amide bonds. The Labute approximate surface area is 173 Å². The van der Waals surface area contributed by atoms with Crippen molar-refractivity contribution in [3.63, 3.8) is 0 Å². The molecule has 0 unspecified atom stereocenters. The van der Waals surface area contributed by atoms with Gasteiger partial charge in [0, 0.05) is 18.3 Å². The maximum atomic E-state index is 12.4. The van der Waals surface area contributed by atoms with Gasteiger partial charge < -0.3 is 15.4 Å². The molecule has 3 rings (SSSR count). The van der Waals surface area contributed by atoms with Gasteiger partial charge in [-0.05, 0) is 36.2 Å². The average Bonchev–Trinajstić information content (AvgIpc) is 2.76. The topological polar surface area (TPSA) is 102 Å². The summed E-state index contributed by atoms with van der Waals surface area (Å²) in [5.74, 6) is -0.0894. The predicted octanol–water partition coefficient (Wildman–Crippen LogP) is 1.86. The number of hydrogen-bond donors (Lipinski definition) is 2. The lowest BCUT2D eigenvalue weighted by Crippen LogP contribution is -2.35. The maximum Gasteiger partial charge on any atom is 0.276 e. The molecule has 2 N–H and O–H groups in total. The number of carbonyl (C=O) groups is 2. The highest BCUT2D eigenvalue weighted by Gasteiger charge is 2.12. The minimum absolute atomic E-state index is 0.0419. The predicted molar refractivity (Wildman–Crippen MR) is 113 cm³/mol. The van der Waals surface area contributed by atoms with E-state index in [0.717, 1.165) is 16.0 Å². The van der Waals surface area contributed by atoms with Gasteiger partial charge in [0.2, 0.25) is 5.91 Å². The number of methoxy groups -OCH3 is 1. The van der Waals surface area contributed by atoms with Crippen LogP contribution in [0, 0.1) is 0 Å². The van der Waals surface area contributed by atoms with Crippen molar-refractivity contribution < 1.29 is 14.3 Å². The molecule has 0 aliphatic rings. The third kappa shape index (κ3) is 5.54. The minimum atomic E-state index is -0.467. The number of hydrogen-bond acceptors (Lipinski definition) is 5. The summed E-state index contributed by atoms with van der Waals surface area (Å²) in [6.07, 6.45) is 0.581. The van der Waals surface area contributed by atoms with Gasteiger partial charge in [0.15, 0.2) is 0 Å². The van der Waals surface area contributed by atoms with E-state index in [4.69, 9.17) is 4.74 Å². The monoisotopic (exact) mass is 406 g/mol. The van der Waals surface area contributed by atoms with Gasteiger partial charge in [-0.2, -0.15) is 5.10 Å². The second-order valence-electron chi connectivity index (χ2n) is 6.45. The molecule has 3 aromatic rings. The molecular formula is C22H22N4O4. The zero-order valence-corrected chi connectivity index (χ0v) is 16.5. The first kappa shape index (κ1) is 20.8. The lowest BCUT2D eigenvalue weighted by Gasteiger charge is -2.10. The van der Waals surface area contributed by atoms with Crippen LogP contribution in [0.5, 0.6) is 5.75 Å². The molecule has 2 aromatic carbocycles. The van der Waals surface area contributed by atoms with E-state index in [-0.39, 0.29) is 18.1 Å². The minimum Gasteiger partial charge on any atom is -0.496 e. The van der Waals surface area contributed by atoms with Gasteiger partial charge in [-0.15, -0.1) is 0 Å². The zero-order chi connectivity index (χ0) is 21.3. The smallest absolute Gasteiger partial charge is 0.276 e. The Morgan fingerprint density at radius 1 is 1.00 bits per heavy atom. The van der Waals surface area contributed by atoms with Crippen LogP contribution >= 0.6 is 0 Å². The van der Waals surface area contributed by atoms with Crippen molar-refractivity contribution in [1.29, 1.82) is 0 Å². The molecule has 154 valence electrons. The SMILES string of the molecule is COc1ccccc1CCNC(=O)Cn1nc(C(=O)Nc2ccccc2)ccc1=O. The Bertz CT molecular complexity index is 1080. The third-order valence-electron chi connectivity index (χ3n) is 4.33. The highest BCUT2D eigenvalue weighted by Crippen LogP contribution is 2.17. The summed E-state index contributed by atoms with van der Waals surface area (Å²) in [6, 6.07) is 19.0. The second-order valence-corrected chi connectivity index (χ2v) is 6.45. The molecule has 0 saturated carbocycles. The van der Waals surface area contributed by atoms with Crippen molar-refractivity contribution in [2.24, 2.45) is 0 Å². The van der Waals surface area contributed by atoms with Crippen molar-refractivity contribution in [1.82, 2.24) is 15.1 Å². The number of benzene rings is 2. The van der Waals surface area contributed by atoms with Gasteiger partial charge in [-0.25, -0.2) is 4.68 Å². The summed E-state index contributed by atoms with van der Waals surface area (Å²) >= 11 is 0. The van der Waals surface area contributed by atoms with E-state index < -0.39 is 11.5 Å². The van der Waals surface area contributed by atoms with Gasteiger partial charge in [0.25, 0.3) is 11.5 Å². The summed E-state index contributed by atoms with van der Waals surface area (Å²) in [5, 5.41) is 9.46. The molecule has 0 aliphatic heterocycles. The van der Waals surface area contributed by atoms with Gasteiger partial charge in [-0.1, -0.05) is 36.4 Å². The lowest BCUT2D eigenvalue weighted by atomic mass is 10.1. The van der Waals surface area contributed by atoms with Crippen LogP contribution in [0.25, 0.3) is 0 Å².